The lowest BCUT2D eigenvalue weighted by Crippen LogP contribution is -2.48. The van der Waals surface area contributed by atoms with Crippen molar-refractivity contribution in [3.05, 3.63) is 45.3 Å². The van der Waals surface area contributed by atoms with Crippen molar-refractivity contribution in [1.29, 1.82) is 0 Å². The zero-order chi connectivity index (χ0) is 27.7. The summed E-state index contributed by atoms with van der Waals surface area (Å²) in [6.45, 7) is 10.5. The number of halogens is 1. The molecule has 0 aliphatic carbocycles. The lowest BCUT2D eigenvalue weighted by molar-refractivity contribution is -0.924. The van der Waals surface area contributed by atoms with Gasteiger partial charge in [-0.1, -0.05) is 39.3 Å². The van der Waals surface area contributed by atoms with E-state index in [0.29, 0.717) is 23.4 Å². The van der Waals surface area contributed by atoms with E-state index in [0.717, 1.165) is 58.1 Å². The Kier molecular flexibility index (Phi) is 16.5. The molecule has 0 spiro atoms. The standard InChI is InChI=1S/C15H21N3O4S.C7H8ClN.2C2H6/c1-18(6-3-4-12(20)22-2)7-5-10-11(8-18)23-15(17-9-19)13(10)14(16)21;1-9-7-4-2-6(8)3-5-7;2*1-2/h9H,3-8H2,1-2H3,(H2-,16,17,19,21);2-5,9H,1H3;2*1-2H3/p+1. The SMILES string of the molecule is CC.CC.CNc1ccc(Cl)cc1.COC(=O)CCC[N+]1(C)CCc2c(sc(NC=O)c2C(N)=O)C1. The second-order valence-electron chi connectivity index (χ2n) is 7.75. The second kappa shape index (κ2) is 17.8. The molecule has 0 radical (unpaired) electrons. The molecular formula is C26H42ClN4O4S+. The van der Waals surface area contributed by atoms with Gasteiger partial charge in [0.1, 0.15) is 11.5 Å². The molecule has 0 saturated carbocycles. The number of hydrogen-bond acceptors (Lipinski definition) is 6. The number of likely N-dealkylation sites (N-methyl/N-ethyl adjacent to an activating group) is 1. The normalized spacial score (nSPS) is 15.2. The Morgan fingerprint density at radius 2 is 1.81 bits per heavy atom. The Balaban J connectivity index is 0.000000783. The number of esters is 1. The first-order chi connectivity index (χ1) is 17.2. The fourth-order valence-electron chi connectivity index (χ4n) is 3.64. The predicted molar refractivity (Wildman–Crippen MR) is 151 cm³/mol. The number of nitrogens with two attached hydrogens (primary N) is 1. The number of hydrogen-bond donors (Lipinski definition) is 3. The van der Waals surface area contributed by atoms with E-state index in [1.165, 1.54) is 18.4 Å². The molecule has 3 rings (SSSR count). The van der Waals surface area contributed by atoms with Crippen LogP contribution in [0.4, 0.5) is 10.7 Å². The van der Waals surface area contributed by atoms with Crippen molar-refractivity contribution in [2.24, 2.45) is 5.73 Å². The molecule has 0 fully saturated rings. The molecule has 1 aliphatic rings. The van der Waals surface area contributed by atoms with Gasteiger partial charge in [-0.25, -0.2) is 0 Å². The maximum absolute atomic E-state index is 11.7. The Morgan fingerprint density at radius 1 is 1.19 bits per heavy atom. The van der Waals surface area contributed by atoms with Crippen LogP contribution in [0.2, 0.25) is 5.02 Å². The fraction of sp³-hybridized carbons (Fsp3) is 0.500. The average Bonchev–Trinajstić information content (AvgIpc) is 3.24. The summed E-state index contributed by atoms with van der Waals surface area (Å²) in [4.78, 5) is 34.7. The number of primary amides is 1. The van der Waals surface area contributed by atoms with Crippen molar-refractivity contribution in [3.8, 4) is 0 Å². The third-order valence-corrected chi connectivity index (χ3v) is 6.79. The molecule has 1 aliphatic heterocycles. The fourth-order valence-corrected chi connectivity index (χ4v) is 5.15. The van der Waals surface area contributed by atoms with E-state index in [1.54, 1.807) is 0 Å². The highest BCUT2D eigenvalue weighted by Crippen LogP contribution is 2.38. The van der Waals surface area contributed by atoms with Gasteiger partial charge in [-0.2, -0.15) is 0 Å². The first-order valence-corrected chi connectivity index (χ1v) is 13.4. The van der Waals surface area contributed by atoms with Gasteiger partial charge in [0.2, 0.25) is 6.41 Å². The van der Waals surface area contributed by atoms with Gasteiger partial charge in [0.15, 0.2) is 0 Å². The minimum absolute atomic E-state index is 0.195. The lowest BCUT2D eigenvalue weighted by Gasteiger charge is -2.37. The summed E-state index contributed by atoms with van der Waals surface area (Å²) in [5.41, 5.74) is 7.94. The number of methoxy groups -OCH3 is 1. The molecule has 0 saturated heterocycles. The smallest absolute Gasteiger partial charge is 0.305 e. The number of carbonyl (C=O) groups is 3. The van der Waals surface area contributed by atoms with Crippen LogP contribution in [0.15, 0.2) is 24.3 Å². The van der Waals surface area contributed by atoms with Gasteiger partial charge in [-0.3, -0.25) is 14.4 Å². The summed E-state index contributed by atoms with van der Waals surface area (Å²) in [5, 5.41) is 6.87. The van der Waals surface area contributed by atoms with Gasteiger partial charge < -0.3 is 25.6 Å². The van der Waals surface area contributed by atoms with Gasteiger partial charge in [0.05, 0.1) is 44.1 Å². The van der Waals surface area contributed by atoms with Crippen molar-refractivity contribution in [3.63, 3.8) is 0 Å². The van der Waals surface area contributed by atoms with E-state index >= 15 is 0 Å². The molecule has 10 heteroatoms. The van der Waals surface area contributed by atoms with Crippen LogP contribution >= 0.6 is 22.9 Å². The van der Waals surface area contributed by atoms with Gasteiger partial charge >= 0.3 is 5.97 Å². The van der Waals surface area contributed by atoms with E-state index in [1.807, 2.05) is 59.0 Å². The number of rotatable bonds is 8. The molecule has 36 heavy (non-hydrogen) atoms. The minimum Gasteiger partial charge on any atom is -0.469 e. The Morgan fingerprint density at radius 3 is 2.31 bits per heavy atom. The molecule has 8 nitrogen and oxygen atoms in total. The van der Waals surface area contributed by atoms with Crippen LogP contribution in [0.3, 0.4) is 0 Å². The first kappa shape index (κ1) is 33.4. The van der Waals surface area contributed by atoms with Crippen molar-refractivity contribution in [2.75, 3.05) is 44.9 Å². The predicted octanol–water partition coefficient (Wildman–Crippen LogP) is 5.31. The number of carbonyl (C=O) groups excluding carboxylic acids is 3. The Hall–Kier alpha value is -2.62. The van der Waals surface area contributed by atoms with Crippen LogP contribution in [-0.4, -0.2) is 57.1 Å². The van der Waals surface area contributed by atoms with E-state index < -0.39 is 5.91 Å². The zero-order valence-corrected chi connectivity index (χ0v) is 24.1. The van der Waals surface area contributed by atoms with Crippen LogP contribution in [0.25, 0.3) is 0 Å². The zero-order valence-electron chi connectivity index (χ0n) is 22.6. The van der Waals surface area contributed by atoms with E-state index in [-0.39, 0.29) is 5.97 Å². The van der Waals surface area contributed by atoms with Crippen molar-refractivity contribution >= 4 is 51.9 Å². The number of fused-ring (bicyclic) bond motifs is 1. The molecule has 1 aromatic carbocycles. The van der Waals surface area contributed by atoms with Crippen molar-refractivity contribution in [1.82, 2.24) is 0 Å². The molecular weight excluding hydrogens is 500 g/mol. The number of anilines is 2. The molecule has 2 aromatic rings. The molecule has 1 unspecified atom stereocenters. The van der Waals surface area contributed by atoms with Crippen LogP contribution in [-0.2, 0) is 27.3 Å². The number of nitrogens with zero attached hydrogens (tertiary/aromatic N) is 1. The highest BCUT2D eigenvalue weighted by Gasteiger charge is 2.34. The summed E-state index contributed by atoms with van der Waals surface area (Å²) in [6.07, 6.45) is 2.46. The van der Waals surface area contributed by atoms with Gasteiger partial charge in [-0.05, 0) is 29.8 Å². The van der Waals surface area contributed by atoms with Crippen LogP contribution in [0.1, 0.15) is 61.3 Å². The summed E-state index contributed by atoms with van der Waals surface area (Å²) in [5.74, 6) is -0.701. The number of thiophene rings is 1. The quantitative estimate of drug-likeness (QED) is 0.238. The number of benzene rings is 1. The maximum atomic E-state index is 11.7. The van der Waals surface area contributed by atoms with Gasteiger partial charge in [0, 0.05) is 30.6 Å². The van der Waals surface area contributed by atoms with Crippen LogP contribution in [0.5, 0.6) is 0 Å². The maximum Gasteiger partial charge on any atom is 0.305 e. The summed E-state index contributed by atoms with van der Waals surface area (Å²) in [6, 6.07) is 7.57. The van der Waals surface area contributed by atoms with E-state index in [4.69, 9.17) is 17.3 Å². The largest absolute Gasteiger partial charge is 0.469 e. The highest BCUT2D eigenvalue weighted by molar-refractivity contribution is 7.16. The molecule has 202 valence electrons. The number of nitrogens with one attached hydrogen (secondary N) is 2. The highest BCUT2D eigenvalue weighted by atomic mass is 35.5. The van der Waals surface area contributed by atoms with Gasteiger partial charge in [-0.15, -0.1) is 11.3 Å². The summed E-state index contributed by atoms with van der Waals surface area (Å²) >= 11 is 7.05. The molecule has 1 aromatic heterocycles. The minimum atomic E-state index is -0.506. The van der Waals surface area contributed by atoms with Crippen molar-refractivity contribution in [2.45, 2.75) is 53.5 Å². The topological polar surface area (TPSA) is 111 Å². The summed E-state index contributed by atoms with van der Waals surface area (Å²) in [7, 11) is 5.41. The second-order valence-corrected chi connectivity index (χ2v) is 9.29. The monoisotopic (exact) mass is 541 g/mol. The third-order valence-electron chi connectivity index (χ3n) is 5.39. The Bertz CT molecular complexity index is 950. The van der Waals surface area contributed by atoms with E-state index in [9.17, 15) is 14.4 Å². The number of amides is 2. The average molecular weight is 542 g/mol. The van der Waals surface area contributed by atoms with Crippen LogP contribution < -0.4 is 16.4 Å². The number of ether oxygens (including phenoxy) is 1. The molecule has 4 N–H and O–H groups in total. The number of quaternary nitrogens is 1. The first-order valence-electron chi connectivity index (χ1n) is 12.2. The van der Waals surface area contributed by atoms with Crippen molar-refractivity contribution < 1.29 is 23.6 Å². The molecule has 1 atom stereocenters. The molecule has 2 heterocycles. The molecule has 0 bridgehead atoms. The van der Waals surface area contributed by atoms with Crippen LogP contribution in [0, 0.1) is 0 Å². The van der Waals surface area contributed by atoms with E-state index in [2.05, 4.69) is 22.4 Å². The lowest BCUT2D eigenvalue weighted by atomic mass is 10.0. The van der Waals surface area contributed by atoms with Gasteiger partial charge in [0.25, 0.3) is 5.91 Å². The summed E-state index contributed by atoms with van der Waals surface area (Å²) < 4.78 is 5.46. The Labute approximate surface area is 224 Å². The molecule has 2 amide bonds. The third kappa shape index (κ3) is 10.6.